The first-order valence-corrected chi connectivity index (χ1v) is 8.29. The van der Waals surface area contributed by atoms with Gasteiger partial charge < -0.3 is 10.1 Å². The van der Waals surface area contributed by atoms with Crippen LogP contribution in [0.5, 0.6) is 0 Å². The van der Waals surface area contributed by atoms with Crippen LogP contribution in [0.25, 0.3) is 5.65 Å². The second-order valence-corrected chi connectivity index (χ2v) is 6.14. The molecule has 3 aromatic rings. The maximum atomic E-state index is 12.2. The zero-order chi connectivity index (χ0) is 16.9. The number of esters is 1. The number of hydrogen-bond donors (Lipinski definition) is 1. The molecule has 1 amide bonds. The molecular formula is C16H16N4O3S. The smallest absolute Gasteiger partial charge is 0.344 e. The van der Waals surface area contributed by atoms with E-state index in [1.165, 1.54) is 9.39 Å². The number of carbonyl (C=O) groups is 2. The predicted octanol–water partition coefficient (Wildman–Crippen LogP) is 1.61. The third kappa shape index (κ3) is 3.60. The molecule has 0 unspecified atom stereocenters. The molecule has 0 aliphatic rings. The van der Waals surface area contributed by atoms with Crippen molar-refractivity contribution in [1.29, 1.82) is 0 Å². The fraction of sp³-hybridized carbons (Fsp3) is 0.250. The van der Waals surface area contributed by atoms with Crippen LogP contribution in [0.4, 0.5) is 0 Å². The van der Waals surface area contributed by atoms with E-state index < -0.39 is 5.97 Å². The lowest BCUT2D eigenvalue weighted by Crippen LogP contribution is -2.30. The first-order chi connectivity index (χ1) is 11.6. The van der Waals surface area contributed by atoms with Crippen LogP contribution in [-0.4, -0.2) is 39.6 Å². The minimum absolute atomic E-state index is 0.280. The van der Waals surface area contributed by atoms with Gasteiger partial charge in [0.15, 0.2) is 12.3 Å². The molecule has 3 rings (SSSR count). The number of amides is 1. The first-order valence-electron chi connectivity index (χ1n) is 7.41. The van der Waals surface area contributed by atoms with Crippen molar-refractivity contribution in [1.82, 2.24) is 19.9 Å². The van der Waals surface area contributed by atoms with Gasteiger partial charge in [0.1, 0.15) is 5.56 Å². The summed E-state index contributed by atoms with van der Waals surface area (Å²) in [6.07, 6.45) is 4.03. The van der Waals surface area contributed by atoms with E-state index in [-0.39, 0.29) is 18.1 Å². The molecule has 0 aliphatic heterocycles. The quantitative estimate of drug-likeness (QED) is 0.687. The van der Waals surface area contributed by atoms with Crippen LogP contribution in [0.3, 0.4) is 0 Å². The average Bonchev–Trinajstić information content (AvgIpc) is 3.19. The van der Waals surface area contributed by atoms with Crippen molar-refractivity contribution >= 4 is 28.9 Å². The number of hydrogen-bond acceptors (Lipinski definition) is 6. The molecule has 3 aromatic heterocycles. The van der Waals surface area contributed by atoms with Crippen LogP contribution in [0, 0.1) is 6.92 Å². The molecule has 0 fully saturated rings. The van der Waals surface area contributed by atoms with E-state index in [9.17, 15) is 9.59 Å². The highest BCUT2D eigenvalue weighted by molar-refractivity contribution is 7.09. The van der Waals surface area contributed by atoms with Gasteiger partial charge in [-0.15, -0.1) is 11.3 Å². The fourth-order valence-corrected chi connectivity index (χ4v) is 2.98. The van der Waals surface area contributed by atoms with Gasteiger partial charge in [0.2, 0.25) is 0 Å². The summed E-state index contributed by atoms with van der Waals surface area (Å²) in [7, 11) is 0. The summed E-state index contributed by atoms with van der Waals surface area (Å²) in [4.78, 5) is 29.3. The Bertz CT molecular complexity index is 857. The zero-order valence-corrected chi connectivity index (χ0v) is 13.9. The Kier molecular flexibility index (Phi) is 4.85. The highest BCUT2D eigenvalue weighted by Gasteiger charge is 2.20. The maximum absolute atomic E-state index is 12.2. The second-order valence-electron chi connectivity index (χ2n) is 5.10. The minimum Gasteiger partial charge on any atom is -0.452 e. The Morgan fingerprint density at radius 1 is 1.38 bits per heavy atom. The van der Waals surface area contributed by atoms with Gasteiger partial charge in [-0.2, -0.15) is 5.10 Å². The topological polar surface area (TPSA) is 85.6 Å². The molecular weight excluding hydrogens is 328 g/mol. The van der Waals surface area contributed by atoms with E-state index in [1.54, 1.807) is 36.7 Å². The van der Waals surface area contributed by atoms with Gasteiger partial charge in [-0.1, -0.05) is 6.07 Å². The molecule has 7 nitrogen and oxygen atoms in total. The molecule has 1 N–H and O–H groups in total. The Morgan fingerprint density at radius 3 is 3.04 bits per heavy atom. The molecule has 0 aromatic carbocycles. The van der Waals surface area contributed by atoms with Crippen molar-refractivity contribution in [3.63, 3.8) is 0 Å². The van der Waals surface area contributed by atoms with Crippen molar-refractivity contribution in [2.75, 3.05) is 13.2 Å². The lowest BCUT2D eigenvalue weighted by atomic mass is 10.2. The number of rotatable bonds is 6. The summed E-state index contributed by atoms with van der Waals surface area (Å²) in [5.74, 6) is -0.934. The Balaban J connectivity index is 1.53. The number of nitrogens with one attached hydrogen (secondary N) is 1. The van der Waals surface area contributed by atoms with E-state index in [1.807, 2.05) is 17.5 Å². The fourth-order valence-electron chi connectivity index (χ4n) is 2.27. The average molecular weight is 344 g/mol. The normalized spacial score (nSPS) is 10.7. The molecule has 24 heavy (non-hydrogen) atoms. The van der Waals surface area contributed by atoms with Crippen LogP contribution in [0.2, 0.25) is 0 Å². The summed E-state index contributed by atoms with van der Waals surface area (Å²) < 4.78 is 6.59. The summed E-state index contributed by atoms with van der Waals surface area (Å²) in [5.41, 5.74) is 1.21. The third-order valence-electron chi connectivity index (χ3n) is 3.38. The summed E-state index contributed by atoms with van der Waals surface area (Å²) >= 11 is 1.64. The molecule has 124 valence electrons. The molecule has 0 aliphatic carbocycles. The van der Waals surface area contributed by atoms with E-state index >= 15 is 0 Å². The summed E-state index contributed by atoms with van der Waals surface area (Å²) in [5, 5.41) is 8.91. The molecule has 0 radical (unpaired) electrons. The summed E-state index contributed by atoms with van der Waals surface area (Å²) in [6, 6.07) is 5.70. The number of aromatic nitrogens is 3. The number of nitrogens with zero attached hydrogens (tertiary/aromatic N) is 3. The van der Waals surface area contributed by atoms with E-state index in [0.29, 0.717) is 17.9 Å². The Morgan fingerprint density at radius 2 is 2.25 bits per heavy atom. The minimum atomic E-state index is -0.602. The second kappa shape index (κ2) is 7.22. The number of thiophene rings is 1. The van der Waals surface area contributed by atoms with E-state index in [2.05, 4.69) is 15.4 Å². The van der Waals surface area contributed by atoms with Crippen LogP contribution >= 0.6 is 11.3 Å². The highest BCUT2D eigenvalue weighted by Crippen LogP contribution is 2.14. The zero-order valence-electron chi connectivity index (χ0n) is 13.1. The number of fused-ring (bicyclic) bond motifs is 1. The molecule has 0 saturated heterocycles. The number of aryl methyl sites for hydroxylation is 1. The molecule has 0 saturated carbocycles. The van der Waals surface area contributed by atoms with Gasteiger partial charge in [-0.05, 0) is 30.9 Å². The molecule has 0 bridgehead atoms. The van der Waals surface area contributed by atoms with Gasteiger partial charge in [-0.3, -0.25) is 4.79 Å². The standard InChI is InChI=1S/C16H16N4O3S/c1-11-14(15-18-6-3-8-20(15)19-11)16(22)23-10-13(21)17-7-5-12-4-2-9-24-12/h2-4,6,8-9H,5,7,10H2,1H3,(H,17,21). The third-order valence-corrected chi connectivity index (χ3v) is 4.32. The first kappa shape index (κ1) is 16.1. The number of ether oxygens (including phenoxy) is 1. The van der Waals surface area contributed by atoms with Crippen LogP contribution in [-0.2, 0) is 16.0 Å². The van der Waals surface area contributed by atoms with Crippen molar-refractivity contribution in [3.8, 4) is 0 Å². The molecule has 0 spiro atoms. The largest absolute Gasteiger partial charge is 0.452 e. The van der Waals surface area contributed by atoms with Crippen LogP contribution in [0.1, 0.15) is 20.9 Å². The lowest BCUT2D eigenvalue weighted by molar-refractivity contribution is -0.124. The highest BCUT2D eigenvalue weighted by atomic mass is 32.1. The van der Waals surface area contributed by atoms with Crippen molar-refractivity contribution in [2.45, 2.75) is 13.3 Å². The van der Waals surface area contributed by atoms with E-state index in [0.717, 1.165) is 6.42 Å². The van der Waals surface area contributed by atoms with Gasteiger partial charge in [-0.25, -0.2) is 14.3 Å². The monoisotopic (exact) mass is 344 g/mol. The molecule has 3 heterocycles. The summed E-state index contributed by atoms with van der Waals surface area (Å²) in [6.45, 7) is 1.88. The number of carbonyl (C=O) groups excluding carboxylic acids is 2. The van der Waals surface area contributed by atoms with Gasteiger partial charge in [0, 0.05) is 23.8 Å². The SMILES string of the molecule is Cc1nn2cccnc2c1C(=O)OCC(=O)NCCc1cccs1. The Hall–Kier alpha value is -2.74. The molecule has 0 atom stereocenters. The van der Waals surface area contributed by atoms with Crippen LogP contribution in [0.15, 0.2) is 36.0 Å². The van der Waals surface area contributed by atoms with Crippen molar-refractivity contribution in [2.24, 2.45) is 0 Å². The van der Waals surface area contributed by atoms with Gasteiger partial charge in [0.05, 0.1) is 5.69 Å². The maximum Gasteiger partial charge on any atom is 0.344 e. The van der Waals surface area contributed by atoms with Gasteiger partial charge >= 0.3 is 5.97 Å². The van der Waals surface area contributed by atoms with Crippen molar-refractivity contribution in [3.05, 3.63) is 52.1 Å². The van der Waals surface area contributed by atoms with Crippen LogP contribution < -0.4 is 5.32 Å². The van der Waals surface area contributed by atoms with E-state index in [4.69, 9.17) is 4.74 Å². The Labute approximate surface area is 142 Å². The lowest BCUT2D eigenvalue weighted by Gasteiger charge is -2.06. The predicted molar refractivity (Wildman–Crippen MR) is 89.0 cm³/mol. The van der Waals surface area contributed by atoms with Gasteiger partial charge in [0.25, 0.3) is 5.91 Å². The van der Waals surface area contributed by atoms with Crippen molar-refractivity contribution < 1.29 is 14.3 Å². The molecule has 8 heteroatoms.